The van der Waals surface area contributed by atoms with Crippen molar-refractivity contribution in [1.82, 2.24) is 25.2 Å². The number of carbonyl (C=O) groups is 1. The first kappa shape index (κ1) is 23.8. The molecular weight excluding hydrogens is 461 g/mol. The van der Waals surface area contributed by atoms with Gasteiger partial charge in [-0.25, -0.2) is 13.5 Å². The number of rotatable bonds is 6. The molecule has 0 radical (unpaired) electrons. The Morgan fingerprint density at radius 1 is 1.06 bits per heavy atom. The quantitative estimate of drug-likeness (QED) is 0.547. The molecule has 2 heterocycles. The number of nitrogens with one attached hydrogen (secondary N) is 1. The van der Waals surface area contributed by atoms with Crippen LogP contribution in [-0.4, -0.2) is 58.6 Å². The summed E-state index contributed by atoms with van der Waals surface area (Å²) >= 11 is 0. The molecule has 0 spiro atoms. The number of hydrogen-bond donors (Lipinski definition) is 1. The Bertz CT molecular complexity index is 1140. The summed E-state index contributed by atoms with van der Waals surface area (Å²) in [6.45, 7) is 1.79. The number of hydrogen-bond acceptors (Lipinski definition) is 5. The molecule has 0 aliphatic carbocycles. The Kier molecular flexibility index (Phi) is 6.89. The fourth-order valence-corrected chi connectivity index (χ4v) is 3.79. The lowest BCUT2D eigenvalue weighted by Crippen LogP contribution is -2.44. The normalized spacial score (nSPS) is 15.8. The van der Waals surface area contributed by atoms with Crippen molar-refractivity contribution in [1.29, 1.82) is 0 Å². The second-order valence-electron chi connectivity index (χ2n) is 7.60. The fraction of sp³-hybridized carbons (Fsp3) is 0.318. The van der Waals surface area contributed by atoms with E-state index >= 15 is 0 Å². The van der Waals surface area contributed by atoms with E-state index in [1.807, 2.05) is 4.90 Å². The number of halogens is 5. The summed E-state index contributed by atoms with van der Waals surface area (Å²) < 4.78 is 74.4. The molecule has 1 aromatic heterocycles. The van der Waals surface area contributed by atoms with Crippen LogP contribution < -0.4 is 5.32 Å². The molecule has 1 amide bonds. The van der Waals surface area contributed by atoms with E-state index in [0.717, 1.165) is 24.3 Å². The molecule has 34 heavy (non-hydrogen) atoms. The monoisotopic (exact) mass is 481 g/mol. The second kappa shape index (κ2) is 9.85. The number of morpholine rings is 1. The maximum Gasteiger partial charge on any atom is 0.435 e. The standard InChI is InChI=1S/C22H20F5N5O2/c23-15-4-6-17(7-5-15)32-20(22(25,26)27)19(29-30-32)21(33)28-13-18(31-8-10-34-11-9-31)14-2-1-3-16(24)12-14/h1-7,12,18H,8-11,13H2,(H,28,33). The second-order valence-corrected chi connectivity index (χ2v) is 7.60. The molecule has 4 rings (SSSR count). The van der Waals surface area contributed by atoms with Gasteiger partial charge >= 0.3 is 6.18 Å². The number of alkyl halides is 3. The Morgan fingerprint density at radius 2 is 1.76 bits per heavy atom. The molecule has 1 fully saturated rings. The highest BCUT2D eigenvalue weighted by Gasteiger charge is 2.42. The number of nitrogens with zero attached hydrogens (tertiary/aromatic N) is 4. The maximum atomic E-state index is 13.8. The van der Waals surface area contributed by atoms with Crippen molar-refractivity contribution in [2.75, 3.05) is 32.8 Å². The van der Waals surface area contributed by atoms with Crippen molar-refractivity contribution in [2.24, 2.45) is 0 Å². The molecule has 180 valence electrons. The van der Waals surface area contributed by atoms with E-state index in [-0.39, 0.29) is 12.2 Å². The van der Waals surface area contributed by atoms with E-state index in [9.17, 15) is 26.7 Å². The first-order valence-electron chi connectivity index (χ1n) is 10.4. The van der Waals surface area contributed by atoms with Crippen LogP contribution in [0.5, 0.6) is 0 Å². The van der Waals surface area contributed by atoms with Crippen LogP contribution in [0.1, 0.15) is 27.8 Å². The van der Waals surface area contributed by atoms with E-state index in [1.165, 1.54) is 18.2 Å². The van der Waals surface area contributed by atoms with Crippen LogP contribution in [-0.2, 0) is 10.9 Å². The van der Waals surface area contributed by atoms with Crippen LogP contribution in [0.25, 0.3) is 5.69 Å². The molecule has 1 unspecified atom stereocenters. The van der Waals surface area contributed by atoms with Crippen LogP contribution in [0.3, 0.4) is 0 Å². The highest BCUT2D eigenvalue weighted by atomic mass is 19.4. The summed E-state index contributed by atoms with van der Waals surface area (Å²) in [6.07, 6.45) is -4.96. The predicted molar refractivity (Wildman–Crippen MR) is 110 cm³/mol. The van der Waals surface area contributed by atoms with E-state index in [1.54, 1.807) is 6.07 Å². The minimum Gasteiger partial charge on any atom is -0.379 e. The van der Waals surface area contributed by atoms with Gasteiger partial charge in [-0.2, -0.15) is 13.2 Å². The van der Waals surface area contributed by atoms with Gasteiger partial charge in [0.1, 0.15) is 11.6 Å². The zero-order chi connectivity index (χ0) is 24.3. The summed E-state index contributed by atoms with van der Waals surface area (Å²) in [6, 6.07) is 9.45. The third-order valence-electron chi connectivity index (χ3n) is 5.40. The lowest BCUT2D eigenvalue weighted by molar-refractivity contribution is -0.143. The summed E-state index contributed by atoms with van der Waals surface area (Å²) in [7, 11) is 0. The van der Waals surface area contributed by atoms with Gasteiger partial charge in [-0.15, -0.1) is 5.10 Å². The maximum absolute atomic E-state index is 13.8. The third kappa shape index (κ3) is 5.23. The van der Waals surface area contributed by atoms with Crippen LogP contribution in [0.4, 0.5) is 22.0 Å². The highest BCUT2D eigenvalue weighted by molar-refractivity contribution is 5.93. The summed E-state index contributed by atoms with van der Waals surface area (Å²) in [5.41, 5.74) is -1.85. The number of carbonyl (C=O) groups excluding carboxylic acids is 1. The van der Waals surface area contributed by atoms with Gasteiger partial charge < -0.3 is 10.1 Å². The molecule has 7 nitrogen and oxygen atoms in total. The molecule has 0 saturated carbocycles. The molecule has 1 atom stereocenters. The topological polar surface area (TPSA) is 72.3 Å². The molecule has 12 heteroatoms. The summed E-state index contributed by atoms with van der Waals surface area (Å²) in [5, 5.41) is 9.41. The minimum absolute atomic E-state index is 0.0943. The van der Waals surface area contributed by atoms with Crippen molar-refractivity contribution in [3.05, 3.63) is 77.1 Å². The largest absolute Gasteiger partial charge is 0.435 e. The van der Waals surface area contributed by atoms with Crippen molar-refractivity contribution in [2.45, 2.75) is 12.2 Å². The molecule has 3 aromatic rings. The van der Waals surface area contributed by atoms with Crippen molar-refractivity contribution in [3.8, 4) is 5.69 Å². The first-order chi connectivity index (χ1) is 16.2. The van der Waals surface area contributed by atoms with Crippen molar-refractivity contribution in [3.63, 3.8) is 0 Å². The van der Waals surface area contributed by atoms with Gasteiger partial charge in [-0.3, -0.25) is 9.69 Å². The van der Waals surface area contributed by atoms with Crippen LogP contribution in [0.15, 0.2) is 48.5 Å². The van der Waals surface area contributed by atoms with Gasteiger partial charge in [-0.05, 0) is 42.0 Å². The molecule has 1 aliphatic rings. The van der Waals surface area contributed by atoms with Crippen LogP contribution in [0, 0.1) is 11.6 Å². The van der Waals surface area contributed by atoms with Gasteiger partial charge in [0.05, 0.1) is 24.9 Å². The van der Waals surface area contributed by atoms with E-state index in [4.69, 9.17) is 4.74 Å². The summed E-state index contributed by atoms with van der Waals surface area (Å²) in [4.78, 5) is 14.7. The molecule has 1 saturated heterocycles. The van der Waals surface area contributed by atoms with Crippen molar-refractivity contribution >= 4 is 5.91 Å². The predicted octanol–water partition coefficient (Wildman–Crippen LogP) is 3.37. The Hall–Kier alpha value is -3.38. The van der Waals surface area contributed by atoms with E-state index in [0.29, 0.717) is 36.5 Å². The third-order valence-corrected chi connectivity index (χ3v) is 5.40. The molecule has 1 aliphatic heterocycles. The Labute approximate surface area is 191 Å². The fourth-order valence-electron chi connectivity index (χ4n) is 3.79. The van der Waals surface area contributed by atoms with Crippen LogP contribution in [0.2, 0.25) is 0 Å². The van der Waals surface area contributed by atoms with Gasteiger partial charge in [0, 0.05) is 19.6 Å². The first-order valence-corrected chi connectivity index (χ1v) is 10.4. The number of benzene rings is 2. The molecular formula is C22H20F5N5O2. The van der Waals surface area contributed by atoms with E-state index < -0.39 is 41.1 Å². The summed E-state index contributed by atoms with van der Waals surface area (Å²) in [5.74, 6) is -2.19. The average molecular weight is 481 g/mol. The van der Waals surface area contributed by atoms with Gasteiger partial charge in [0.15, 0.2) is 11.4 Å². The number of amides is 1. The SMILES string of the molecule is O=C(NCC(c1cccc(F)c1)N1CCOCC1)c1nnn(-c2ccc(F)cc2)c1C(F)(F)F. The smallest absolute Gasteiger partial charge is 0.379 e. The number of ether oxygens (including phenoxy) is 1. The number of aromatic nitrogens is 3. The van der Waals surface area contributed by atoms with E-state index in [2.05, 4.69) is 15.6 Å². The molecule has 2 aromatic carbocycles. The Balaban J connectivity index is 1.60. The zero-order valence-corrected chi connectivity index (χ0v) is 17.7. The van der Waals surface area contributed by atoms with Crippen molar-refractivity contribution < 1.29 is 31.5 Å². The van der Waals surface area contributed by atoms with Crippen LogP contribution >= 0.6 is 0 Å². The van der Waals surface area contributed by atoms with Gasteiger partial charge in [0.25, 0.3) is 5.91 Å². The molecule has 1 N–H and O–H groups in total. The Morgan fingerprint density at radius 3 is 2.41 bits per heavy atom. The lowest BCUT2D eigenvalue weighted by atomic mass is 10.0. The molecule has 0 bridgehead atoms. The highest BCUT2D eigenvalue weighted by Crippen LogP contribution is 2.33. The average Bonchev–Trinajstić information content (AvgIpc) is 3.26. The van der Waals surface area contributed by atoms with Gasteiger partial charge in [0.2, 0.25) is 0 Å². The zero-order valence-electron chi connectivity index (χ0n) is 17.7. The minimum atomic E-state index is -4.96. The van der Waals surface area contributed by atoms with Gasteiger partial charge in [-0.1, -0.05) is 17.3 Å². The lowest BCUT2D eigenvalue weighted by Gasteiger charge is -2.34.